The summed E-state index contributed by atoms with van der Waals surface area (Å²) in [6.45, 7) is 0.838. The topological polar surface area (TPSA) is 55.9 Å². The van der Waals surface area contributed by atoms with Gasteiger partial charge in [-0.1, -0.05) is 12.1 Å². The van der Waals surface area contributed by atoms with E-state index in [1.165, 1.54) is 18.4 Å². The van der Waals surface area contributed by atoms with Gasteiger partial charge in [-0.25, -0.2) is 4.98 Å². The second-order valence-electron chi connectivity index (χ2n) is 5.57. The van der Waals surface area contributed by atoms with Crippen LogP contribution < -0.4 is 11.1 Å². The second-order valence-corrected chi connectivity index (χ2v) is 5.57. The Morgan fingerprint density at radius 3 is 2.74 bits per heavy atom. The summed E-state index contributed by atoms with van der Waals surface area (Å²) in [5.74, 6) is 1.11. The first-order chi connectivity index (χ1) is 9.24. The molecule has 102 valence electrons. The van der Waals surface area contributed by atoms with E-state index in [2.05, 4.69) is 40.1 Å². The van der Waals surface area contributed by atoms with E-state index in [1.54, 1.807) is 0 Å². The number of fused-ring (bicyclic) bond motifs is 1. The van der Waals surface area contributed by atoms with Crippen LogP contribution in [0.3, 0.4) is 0 Å². The summed E-state index contributed by atoms with van der Waals surface area (Å²) in [5.41, 5.74) is 8.21. The third-order valence-corrected chi connectivity index (χ3v) is 4.20. The van der Waals surface area contributed by atoms with Crippen LogP contribution in [0, 0.1) is 0 Å². The average molecular weight is 258 g/mol. The lowest BCUT2D eigenvalue weighted by atomic mass is 9.92. The summed E-state index contributed by atoms with van der Waals surface area (Å²) in [6.07, 6.45) is 4.65. The minimum absolute atomic E-state index is 0.411. The first-order valence-corrected chi connectivity index (χ1v) is 7.13. The van der Waals surface area contributed by atoms with Crippen molar-refractivity contribution in [3.8, 4) is 0 Å². The van der Waals surface area contributed by atoms with Gasteiger partial charge >= 0.3 is 0 Å². The third kappa shape index (κ3) is 2.65. The number of imidazole rings is 1. The lowest BCUT2D eigenvalue weighted by Gasteiger charge is -2.26. The number of hydrogen-bond donors (Lipinski definition) is 2. The Morgan fingerprint density at radius 2 is 2.00 bits per heavy atom. The van der Waals surface area contributed by atoms with Crippen molar-refractivity contribution in [2.45, 2.75) is 44.3 Å². The Hall–Kier alpha value is -1.39. The number of aromatic nitrogens is 2. The highest BCUT2D eigenvalue weighted by Crippen LogP contribution is 2.18. The van der Waals surface area contributed by atoms with Gasteiger partial charge in [0, 0.05) is 19.1 Å². The van der Waals surface area contributed by atoms with E-state index >= 15 is 0 Å². The second kappa shape index (κ2) is 5.31. The molecular weight excluding hydrogens is 236 g/mol. The van der Waals surface area contributed by atoms with Gasteiger partial charge < -0.3 is 15.6 Å². The van der Waals surface area contributed by atoms with Gasteiger partial charge in [0.25, 0.3) is 0 Å². The minimum Gasteiger partial charge on any atom is -0.330 e. The Labute approximate surface area is 114 Å². The molecule has 0 spiro atoms. The summed E-state index contributed by atoms with van der Waals surface area (Å²) in [5, 5.41) is 3.62. The van der Waals surface area contributed by atoms with E-state index in [1.807, 2.05) is 6.07 Å². The van der Waals surface area contributed by atoms with E-state index in [-0.39, 0.29) is 0 Å². The smallest absolute Gasteiger partial charge is 0.123 e. The molecule has 3 N–H and O–H groups in total. The molecule has 1 aliphatic rings. The maximum Gasteiger partial charge on any atom is 0.123 e. The molecule has 0 amide bonds. The standard InChI is InChI=1S/C15H22N4/c1-19-14-5-3-2-4-13(14)18-15(19)10-17-12-8-6-11(16)7-9-12/h2-5,11-12,17H,6-10,16H2,1H3. The molecule has 2 aromatic rings. The fourth-order valence-corrected chi connectivity index (χ4v) is 2.91. The molecule has 1 saturated carbocycles. The van der Waals surface area contributed by atoms with Crippen LogP contribution in [0.1, 0.15) is 31.5 Å². The van der Waals surface area contributed by atoms with Crippen LogP contribution in [-0.2, 0) is 13.6 Å². The van der Waals surface area contributed by atoms with Gasteiger partial charge in [0.2, 0.25) is 0 Å². The number of rotatable bonds is 3. The average Bonchev–Trinajstić information content (AvgIpc) is 2.76. The van der Waals surface area contributed by atoms with E-state index in [0.29, 0.717) is 12.1 Å². The van der Waals surface area contributed by atoms with Crippen molar-refractivity contribution in [2.24, 2.45) is 12.8 Å². The lowest BCUT2D eigenvalue weighted by molar-refractivity contribution is 0.339. The summed E-state index contributed by atoms with van der Waals surface area (Å²) in [6, 6.07) is 9.29. The maximum atomic E-state index is 5.94. The largest absolute Gasteiger partial charge is 0.330 e. The predicted octanol–water partition coefficient (Wildman–Crippen LogP) is 1.93. The number of aryl methyl sites for hydroxylation is 1. The first kappa shape index (κ1) is 12.6. The molecule has 0 radical (unpaired) electrons. The molecule has 1 heterocycles. The van der Waals surface area contributed by atoms with Gasteiger partial charge in [-0.15, -0.1) is 0 Å². The molecule has 1 fully saturated rings. The highest BCUT2D eigenvalue weighted by atomic mass is 15.1. The van der Waals surface area contributed by atoms with Gasteiger partial charge in [0.1, 0.15) is 5.82 Å². The molecule has 1 aromatic carbocycles. The SMILES string of the molecule is Cn1c(CNC2CCC(N)CC2)nc2ccccc21. The van der Waals surface area contributed by atoms with Gasteiger partial charge in [-0.05, 0) is 37.8 Å². The molecule has 0 saturated heterocycles. The van der Waals surface area contributed by atoms with Crippen molar-refractivity contribution in [1.29, 1.82) is 0 Å². The lowest BCUT2D eigenvalue weighted by Crippen LogP contribution is -2.37. The molecule has 1 aromatic heterocycles. The quantitative estimate of drug-likeness (QED) is 0.884. The number of nitrogens with zero attached hydrogens (tertiary/aromatic N) is 2. The fraction of sp³-hybridized carbons (Fsp3) is 0.533. The van der Waals surface area contributed by atoms with Crippen molar-refractivity contribution in [1.82, 2.24) is 14.9 Å². The molecule has 0 bridgehead atoms. The molecule has 4 nitrogen and oxygen atoms in total. The van der Waals surface area contributed by atoms with Crippen LogP contribution in [0.15, 0.2) is 24.3 Å². The monoisotopic (exact) mass is 258 g/mol. The zero-order valence-corrected chi connectivity index (χ0v) is 11.5. The molecule has 19 heavy (non-hydrogen) atoms. The van der Waals surface area contributed by atoms with Crippen LogP contribution in [0.2, 0.25) is 0 Å². The van der Waals surface area contributed by atoms with Crippen LogP contribution in [-0.4, -0.2) is 21.6 Å². The van der Waals surface area contributed by atoms with E-state index in [9.17, 15) is 0 Å². The van der Waals surface area contributed by atoms with E-state index in [4.69, 9.17) is 5.73 Å². The van der Waals surface area contributed by atoms with Crippen molar-refractivity contribution in [3.05, 3.63) is 30.1 Å². The number of nitrogens with two attached hydrogens (primary N) is 1. The van der Waals surface area contributed by atoms with E-state index < -0.39 is 0 Å². The van der Waals surface area contributed by atoms with Crippen molar-refractivity contribution in [3.63, 3.8) is 0 Å². The molecule has 3 rings (SSSR count). The predicted molar refractivity (Wildman–Crippen MR) is 77.8 cm³/mol. The molecule has 0 aliphatic heterocycles. The van der Waals surface area contributed by atoms with Crippen LogP contribution in [0.25, 0.3) is 11.0 Å². The van der Waals surface area contributed by atoms with Gasteiger partial charge in [0.15, 0.2) is 0 Å². The summed E-state index contributed by atoms with van der Waals surface area (Å²) < 4.78 is 2.18. The Morgan fingerprint density at radius 1 is 1.26 bits per heavy atom. The highest BCUT2D eigenvalue weighted by molar-refractivity contribution is 5.75. The van der Waals surface area contributed by atoms with Crippen molar-refractivity contribution >= 4 is 11.0 Å². The summed E-state index contributed by atoms with van der Waals surface area (Å²) in [7, 11) is 2.09. The summed E-state index contributed by atoms with van der Waals surface area (Å²) in [4.78, 5) is 4.69. The maximum absolute atomic E-state index is 5.94. The third-order valence-electron chi connectivity index (χ3n) is 4.20. The Bertz CT molecular complexity index is 552. The number of benzene rings is 1. The van der Waals surface area contributed by atoms with Gasteiger partial charge in [0.05, 0.1) is 17.6 Å². The molecule has 0 unspecified atom stereocenters. The molecular formula is C15H22N4. The Kier molecular flexibility index (Phi) is 3.53. The normalized spacial score (nSPS) is 23.9. The first-order valence-electron chi connectivity index (χ1n) is 7.13. The zero-order valence-electron chi connectivity index (χ0n) is 11.5. The molecule has 0 atom stereocenters. The Balaban J connectivity index is 1.67. The van der Waals surface area contributed by atoms with Crippen molar-refractivity contribution in [2.75, 3.05) is 0 Å². The molecule has 1 aliphatic carbocycles. The zero-order chi connectivity index (χ0) is 13.2. The van der Waals surface area contributed by atoms with Crippen LogP contribution in [0.4, 0.5) is 0 Å². The minimum atomic E-state index is 0.411. The highest BCUT2D eigenvalue weighted by Gasteiger charge is 2.18. The molecule has 4 heteroatoms. The van der Waals surface area contributed by atoms with Crippen LogP contribution >= 0.6 is 0 Å². The van der Waals surface area contributed by atoms with Gasteiger partial charge in [-0.2, -0.15) is 0 Å². The van der Waals surface area contributed by atoms with E-state index in [0.717, 1.165) is 30.7 Å². The number of hydrogen-bond acceptors (Lipinski definition) is 3. The van der Waals surface area contributed by atoms with Gasteiger partial charge in [-0.3, -0.25) is 0 Å². The number of para-hydroxylation sites is 2. The number of nitrogens with one attached hydrogen (secondary N) is 1. The van der Waals surface area contributed by atoms with Crippen LogP contribution in [0.5, 0.6) is 0 Å². The fourth-order valence-electron chi connectivity index (χ4n) is 2.91. The van der Waals surface area contributed by atoms with Crippen molar-refractivity contribution < 1.29 is 0 Å². The summed E-state index contributed by atoms with van der Waals surface area (Å²) >= 11 is 0.